The van der Waals surface area contributed by atoms with Crippen molar-refractivity contribution < 1.29 is 9.18 Å². The van der Waals surface area contributed by atoms with E-state index in [2.05, 4.69) is 9.88 Å². The zero-order chi connectivity index (χ0) is 19.0. The number of nitrogens with one attached hydrogen (secondary N) is 1. The molecule has 0 aliphatic carbocycles. The number of aryl methyl sites for hydroxylation is 1. The van der Waals surface area contributed by atoms with E-state index in [0.29, 0.717) is 25.2 Å². The maximum Gasteiger partial charge on any atom is 0.326 e. The van der Waals surface area contributed by atoms with Gasteiger partial charge in [-0.25, -0.2) is 9.18 Å². The van der Waals surface area contributed by atoms with E-state index >= 15 is 0 Å². The van der Waals surface area contributed by atoms with Crippen LogP contribution in [0.1, 0.15) is 15.9 Å². The number of rotatable bonds is 3. The summed E-state index contributed by atoms with van der Waals surface area (Å²) in [6, 6.07) is 11.9. The summed E-state index contributed by atoms with van der Waals surface area (Å²) in [6.45, 7) is 3.41. The third kappa shape index (κ3) is 3.50. The lowest BCUT2D eigenvalue weighted by molar-refractivity contribution is 0.0628. The van der Waals surface area contributed by atoms with Crippen LogP contribution in [0.15, 0.2) is 47.3 Å². The first-order chi connectivity index (χ1) is 13.0. The number of carbonyl (C=O) groups excluding carboxylic acids is 1. The lowest BCUT2D eigenvalue weighted by Crippen LogP contribution is -2.48. The first-order valence-corrected chi connectivity index (χ1v) is 8.96. The molecule has 1 fully saturated rings. The minimum absolute atomic E-state index is 0.0315. The van der Waals surface area contributed by atoms with E-state index in [-0.39, 0.29) is 17.4 Å². The predicted octanol–water partition coefficient (Wildman–Crippen LogP) is 1.96. The molecule has 1 aliphatic rings. The number of hydrogen-bond donors (Lipinski definition) is 1. The van der Waals surface area contributed by atoms with E-state index in [1.165, 1.54) is 10.6 Å². The first-order valence-electron chi connectivity index (χ1n) is 8.96. The number of amides is 1. The standard InChI is InChI=1S/C20H21FN4O2/c1-23-18-12-15(5-6-17(18)22-20(23)27)19(26)25-9-7-24(8-10-25)13-14-3-2-4-16(21)11-14/h2-6,11-12H,7-10,13H2,1H3,(H,22,27). The van der Waals surface area contributed by atoms with Crippen molar-refractivity contribution in [2.45, 2.75) is 6.54 Å². The van der Waals surface area contributed by atoms with Gasteiger partial charge in [0.1, 0.15) is 5.82 Å². The van der Waals surface area contributed by atoms with Crippen molar-refractivity contribution in [1.29, 1.82) is 0 Å². The third-order valence-electron chi connectivity index (χ3n) is 5.11. The molecule has 7 heteroatoms. The fourth-order valence-electron chi connectivity index (χ4n) is 3.54. The topological polar surface area (TPSA) is 61.3 Å². The highest BCUT2D eigenvalue weighted by Gasteiger charge is 2.22. The summed E-state index contributed by atoms with van der Waals surface area (Å²) in [6.07, 6.45) is 0. The molecule has 6 nitrogen and oxygen atoms in total. The van der Waals surface area contributed by atoms with E-state index in [1.54, 1.807) is 37.4 Å². The van der Waals surface area contributed by atoms with Crippen molar-refractivity contribution >= 4 is 16.9 Å². The average molecular weight is 368 g/mol. The van der Waals surface area contributed by atoms with E-state index in [9.17, 15) is 14.0 Å². The SMILES string of the molecule is Cn1c(=O)[nH]c2ccc(C(=O)N3CCN(Cc4cccc(F)c4)CC3)cc21. The van der Waals surface area contributed by atoms with Crippen molar-refractivity contribution in [3.63, 3.8) is 0 Å². The Morgan fingerprint density at radius 2 is 1.89 bits per heavy atom. The molecule has 3 aromatic rings. The number of hydrogen-bond acceptors (Lipinski definition) is 3. The Hall–Kier alpha value is -2.93. The van der Waals surface area contributed by atoms with Gasteiger partial charge in [0, 0.05) is 45.3 Å². The maximum atomic E-state index is 13.3. The molecular formula is C20H21FN4O2. The molecule has 1 saturated heterocycles. The molecular weight excluding hydrogens is 347 g/mol. The van der Waals surface area contributed by atoms with Gasteiger partial charge in [-0.1, -0.05) is 12.1 Å². The lowest BCUT2D eigenvalue weighted by atomic mass is 10.1. The highest BCUT2D eigenvalue weighted by molar-refractivity contribution is 5.97. The monoisotopic (exact) mass is 368 g/mol. The highest BCUT2D eigenvalue weighted by Crippen LogP contribution is 2.16. The minimum Gasteiger partial charge on any atom is -0.336 e. The number of halogens is 1. The molecule has 0 spiro atoms. The molecule has 27 heavy (non-hydrogen) atoms. The summed E-state index contributed by atoms with van der Waals surface area (Å²) >= 11 is 0. The zero-order valence-corrected chi connectivity index (χ0v) is 15.1. The van der Waals surface area contributed by atoms with Gasteiger partial charge >= 0.3 is 5.69 Å². The minimum atomic E-state index is -0.226. The molecule has 1 aromatic heterocycles. The van der Waals surface area contributed by atoms with Crippen LogP contribution in [0, 0.1) is 5.82 Å². The summed E-state index contributed by atoms with van der Waals surface area (Å²) in [5.74, 6) is -0.258. The largest absolute Gasteiger partial charge is 0.336 e. The predicted molar refractivity (Wildman–Crippen MR) is 101 cm³/mol. The summed E-state index contributed by atoms with van der Waals surface area (Å²) in [5.41, 5.74) is 2.76. The van der Waals surface area contributed by atoms with Gasteiger partial charge in [-0.15, -0.1) is 0 Å². The molecule has 0 unspecified atom stereocenters. The van der Waals surface area contributed by atoms with Gasteiger partial charge in [0.25, 0.3) is 5.91 Å². The Morgan fingerprint density at radius 3 is 2.63 bits per heavy atom. The fourth-order valence-corrected chi connectivity index (χ4v) is 3.54. The van der Waals surface area contributed by atoms with Crippen LogP contribution in [0.3, 0.4) is 0 Å². The molecule has 0 saturated carbocycles. The normalized spacial score (nSPS) is 15.4. The van der Waals surface area contributed by atoms with Crippen molar-refractivity contribution in [3.05, 3.63) is 69.9 Å². The molecule has 2 heterocycles. The second-order valence-corrected chi connectivity index (χ2v) is 6.92. The van der Waals surface area contributed by atoms with Gasteiger partial charge in [-0.2, -0.15) is 0 Å². The van der Waals surface area contributed by atoms with Crippen molar-refractivity contribution in [3.8, 4) is 0 Å². The molecule has 140 valence electrons. The van der Waals surface area contributed by atoms with Crippen LogP contribution in [-0.4, -0.2) is 51.4 Å². The Morgan fingerprint density at radius 1 is 1.11 bits per heavy atom. The number of aromatic nitrogens is 2. The maximum absolute atomic E-state index is 13.3. The second kappa shape index (κ2) is 7.00. The van der Waals surface area contributed by atoms with Crippen LogP contribution in [0.4, 0.5) is 4.39 Å². The van der Waals surface area contributed by atoms with Gasteiger partial charge in [0.15, 0.2) is 0 Å². The Bertz CT molecular complexity index is 1050. The number of H-pyrrole nitrogens is 1. The molecule has 1 aliphatic heterocycles. The number of aromatic amines is 1. The number of piperazine rings is 1. The summed E-state index contributed by atoms with van der Waals surface area (Å²) in [5, 5.41) is 0. The van der Waals surface area contributed by atoms with Gasteiger partial charge in [-0.3, -0.25) is 14.3 Å². The van der Waals surface area contributed by atoms with Crippen molar-refractivity contribution in [2.75, 3.05) is 26.2 Å². The fraction of sp³-hybridized carbons (Fsp3) is 0.300. The second-order valence-electron chi connectivity index (χ2n) is 6.92. The zero-order valence-electron chi connectivity index (χ0n) is 15.1. The number of nitrogens with zero attached hydrogens (tertiary/aromatic N) is 3. The van der Waals surface area contributed by atoms with E-state index in [0.717, 1.165) is 29.7 Å². The molecule has 1 N–H and O–H groups in total. The number of imidazole rings is 1. The molecule has 2 aromatic carbocycles. The van der Waals surface area contributed by atoms with Crippen molar-refractivity contribution in [2.24, 2.45) is 7.05 Å². The Balaban J connectivity index is 1.42. The van der Waals surface area contributed by atoms with E-state index in [4.69, 9.17) is 0 Å². The van der Waals surface area contributed by atoms with Crippen LogP contribution in [0.25, 0.3) is 11.0 Å². The summed E-state index contributed by atoms with van der Waals surface area (Å²) in [7, 11) is 1.68. The van der Waals surface area contributed by atoms with Crippen LogP contribution in [-0.2, 0) is 13.6 Å². The van der Waals surface area contributed by atoms with Gasteiger partial charge < -0.3 is 9.88 Å². The van der Waals surface area contributed by atoms with Gasteiger partial charge in [0.05, 0.1) is 11.0 Å². The van der Waals surface area contributed by atoms with Gasteiger partial charge in [-0.05, 0) is 35.9 Å². The Labute approximate surface area is 155 Å². The van der Waals surface area contributed by atoms with E-state index < -0.39 is 0 Å². The number of benzene rings is 2. The van der Waals surface area contributed by atoms with Crippen LogP contribution >= 0.6 is 0 Å². The lowest BCUT2D eigenvalue weighted by Gasteiger charge is -2.34. The van der Waals surface area contributed by atoms with Crippen LogP contribution < -0.4 is 5.69 Å². The molecule has 0 bridgehead atoms. The molecule has 4 rings (SSSR count). The molecule has 0 atom stereocenters. The average Bonchev–Trinajstić information content (AvgIpc) is 2.95. The molecule has 1 amide bonds. The third-order valence-corrected chi connectivity index (χ3v) is 5.11. The highest BCUT2D eigenvalue weighted by atomic mass is 19.1. The van der Waals surface area contributed by atoms with Gasteiger partial charge in [0.2, 0.25) is 0 Å². The Kier molecular flexibility index (Phi) is 4.53. The van der Waals surface area contributed by atoms with Crippen molar-refractivity contribution in [1.82, 2.24) is 19.4 Å². The smallest absolute Gasteiger partial charge is 0.326 e. The first kappa shape index (κ1) is 17.5. The summed E-state index contributed by atoms with van der Waals surface area (Å²) in [4.78, 5) is 31.3. The summed E-state index contributed by atoms with van der Waals surface area (Å²) < 4.78 is 14.8. The van der Waals surface area contributed by atoms with Crippen LogP contribution in [0.5, 0.6) is 0 Å². The number of fused-ring (bicyclic) bond motifs is 1. The quantitative estimate of drug-likeness (QED) is 0.769. The number of carbonyl (C=O) groups is 1. The van der Waals surface area contributed by atoms with E-state index in [1.807, 2.05) is 11.0 Å². The molecule has 0 radical (unpaired) electrons. The van der Waals surface area contributed by atoms with Crippen LogP contribution in [0.2, 0.25) is 0 Å².